The monoisotopic (exact) mass is 438 g/mol. The molecule has 0 fully saturated rings. The van der Waals surface area contributed by atoms with Gasteiger partial charge in [0.1, 0.15) is 11.5 Å². The maximum Gasteiger partial charge on any atom is 0.250 e. The summed E-state index contributed by atoms with van der Waals surface area (Å²) in [5.41, 5.74) is 4.14. The van der Waals surface area contributed by atoms with Crippen LogP contribution in [0.25, 0.3) is 17.0 Å². The number of tetrazole rings is 1. The SMILES string of the molecule is O=C(CSc1nnnn1-c1ccccc1)N/N=C/c1ccc(-c2cccc(Cl)c2)o1. The van der Waals surface area contributed by atoms with Crippen LogP contribution in [0.2, 0.25) is 5.02 Å². The topological polar surface area (TPSA) is 98.2 Å². The van der Waals surface area contributed by atoms with E-state index in [1.807, 2.05) is 54.6 Å². The Morgan fingerprint density at radius 2 is 2.03 bits per heavy atom. The molecule has 0 saturated heterocycles. The smallest absolute Gasteiger partial charge is 0.250 e. The number of carbonyl (C=O) groups excluding carboxylic acids is 1. The fourth-order valence-corrected chi connectivity index (χ4v) is 3.42. The lowest BCUT2D eigenvalue weighted by Gasteiger charge is -2.03. The number of para-hydroxylation sites is 1. The van der Waals surface area contributed by atoms with Crippen molar-refractivity contribution in [3.63, 3.8) is 0 Å². The number of amides is 1. The van der Waals surface area contributed by atoms with Gasteiger partial charge in [-0.3, -0.25) is 4.79 Å². The van der Waals surface area contributed by atoms with Crippen LogP contribution in [0.15, 0.2) is 81.4 Å². The standard InChI is InChI=1S/C20H15ClN6O2S/c21-15-6-4-5-14(11-15)18-10-9-17(29-18)12-22-23-19(28)13-30-20-24-25-26-27(20)16-7-2-1-3-8-16/h1-12H,13H2,(H,23,28)/b22-12+. The van der Waals surface area contributed by atoms with E-state index >= 15 is 0 Å². The van der Waals surface area contributed by atoms with Gasteiger partial charge in [0.2, 0.25) is 5.16 Å². The van der Waals surface area contributed by atoms with Gasteiger partial charge in [-0.15, -0.1) is 5.10 Å². The molecular weight excluding hydrogens is 424 g/mol. The fourth-order valence-electron chi connectivity index (χ4n) is 2.55. The first-order valence-electron chi connectivity index (χ1n) is 8.83. The molecule has 2 heterocycles. The molecule has 30 heavy (non-hydrogen) atoms. The number of furan rings is 1. The predicted octanol–water partition coefficient (Wildman–Crippen LogP) is 3.82. The number of rotatable bonds is 7. The van der Waals surface area contributed by atoms with E-state index in [0.29, 0.717) is 21.7 Å². The zero-order chi connectivity index (χ0) is 20.8. The number of benzene rings is 2. The quantitative estimate of drug-likeness (QED) is 0.267. The summed E-state index contributed by atoms with van der Waals surface area (Å²) in [6.07, 6.45) is 1.44. The van der Waals surface area contributed by atoms with Crippen molar-refractivity contribution < 1.29 is 9.21 Å². The highest BCUT2D eigenvalue weighted by Gasteiger charge is 2.11. The Hall–Kier alpha value is -3.43. The minimum atomic E-state index is -0.291. The van der Waals surface area contributed by atoms with E-state index in [1.54, 1.807) is 16.8 Å². The molecule has 0 saturated carbocycles. The minimum Gasteiger partial charge on any atom is -0.455 e. The summed E-state index contributed by atoms with van der Waals surface area (Å²) in [6.45, 7) is 0. The van der Waals surface area contributed by atoms with Crippen LogP contribution >= 0.6 is 23.4 Å². The van der Waals surface area contributed by atoms with Crippen LogP contribution in [-0.4, -0.2) is 38.1 Å². The third-order valence-corrected chi connectivity index (χ3v) is 5.05. The summed E-state index contributed by atoms with van der Waals surface area (Å²) in [4.78, 5) is 12.1. The molecule has 2 aromatic heterocycles. The van der Waals surface area contributed by atoms with Crippen LogP contribution in [-0.2, 0) is 4.79 Å². The van der Waals surface area contributed by atoms with Gasteiger partial charge in [-0.05, 0) is 46.8 Å². The Morgan fingerprint density at radius 1 is 1.17 bits per heavy atom. The maximum absolute atomic E-state index is 12.1. The van der Waals surface area contributed by atoms with Crippen LogP contribution in [0.5, 0.6) is 0 Å². The lowest BCUT2D eigenvalue weighted by molar-refractivity contribution is -0.118. The van der Waals surface area contributed by atoms with Gasteiger partial charge in [0.25, 0.3) is 5.91 Å². The molecule has 0 atom stereocenters. The average Bonchev–Trinajstić information content (AvgIpc) is 3.43. The predicted molar refractivity (Wildman–Crippen MR) is 115 cm³/mol. The molecule has 4 rings (SSSR count). The van der Waals surface area contributed by atoms with Crippen molar-refractivity contribution in [3.05, 3.63) is 77.5 Å². The first kappa shape index (κ1) is 19.9. The number of carbonyl (C=O) groups is 1. The van der Waals surface area contributed by atoms with Crippen LogP contribution in [0, 0.1) is 0 Å². The second kappa shape index (κ2) is 9.38. The molecule has 0 aliphatic heterocycles. The van der Waals surface area contributed by atoms with E-state index in [2.05, 4.69) is 26.1 Å². The molecule has 0 aliphatic carbocycles. The van der Waals surface area contributed by atoms with Gasteiger partial charge >= 0.3 is 0 Å². The second-order valence-electron chi connectivity index (χ2n) is 6.00. The van der Waals surface area contributed by atoms with E-state index in [4.69, 9.17) is 16.0 Å². The first-order chi connectivity index (χ1) is 14.7. The van der Waals surface area contributed by atoms with Crippen molar-refractivity contribution in [3.8, 4) is 17.0 Å². The molecule has 0 bridgehead atoms. The highest BCUT2D eigenvalue weighted by molar-refractivity contribution is 7.99. The maximum atomic E-state index is 12.1. The number of nitrogens with zero attached hydrogens (tertiary/aromatic N) is 5. The summed E-state index contributed by atoms with van der Waals surface area (Å²) < 4.78 is 7.27. The summed E-state index contributed by atoms with van der Waals surface area (Å²) in [6, 6.07) is 20.4. The van der Waals surface area contributed by atoms with Gasteiger partial charge in [0.05, 0.1) is 17.7 Å². The van der Waals surface area contributed by atoms with Crippen LogP contribution in [0.4, 0.5) is 0 Å². The number of aromatic nitrogens is 4. The Labute approximate surface area is 180 Å². The van der Waals surface area contributed by atoms with Crippen molar-refractivity contribution in [2.24, 2.45) is 5.10 Å². The second-order valence-corrected chi connectivity index (χ2v) is 7.38. The summed E-state index contributed by atoms with van der Waals surface area (Å²) in [5, 5.41) is 16.6. The molecule has 10 heteroatoms. The Balaban J connectivity index is 1.31. The van der Waals surface area contributed by atoms with Crippen LogP contribution in [0.3, 0.4) is 0 Å². The van der Waals surface area contributed by atoms with E-state index in [-0.39, 0.29) is 11.7 Å². The van der Waals surface area contributed by atoms with E-state index in [0.717, 1.165) is 11.3 Å². The molecule has 1 N–H and O–H groups in total. The number of hydrogen-bond acceptors (Lipinski definition) is 7. The number of thioether (sulfide) groups is 1. The van der Waals surface area contributed by atoms with Crippen molar-refractivity contribution in [2.45, 2.75) is 5.16 Å². The van der Waals surface area contributed by atoms with Crippen molar-refractivity contribution in [1.29, 1.82) is 0 Å². The fraction of sp³-hybridized carbons (Fsp3) is 0.0500. The molecule has 1 amide bonds. The molecule has 4 aromatic rings. The van der Waals surface area contributed by atoms with E-state index < -0.39 is 0 Å². The Kier molecular flexibility index (Phi) is 6.21. The molecule has 0 radical (unpaired) electrons. The van der Waals surface area contributed by atoms with E-state index in [1.165, 1.54) is 18.0 Å². The zero-order valence-corrected chi connectivity index (χ0v) is 17.0. The zero-order valence-electron chi connectivity index (χ0n) is 15.5. The van der Waals surface area contributed by atoms with Gasteiger partial charge in [0, 0.05) is 10.6 Å². The lowest BCUT2D eigenvalue weighted by atomic mass is 10.2. The van der Waals surface area contributed by atoms with Crippen molar-refractivity contribution in [1.82, 2.24) is 25.6 Å². The van der Waals surface area contributed by atoms with Gasteiger partial charge in [0.15, 0.2) is 0 Å². The van der Waals surface area contributed by atoms with Crippen LogP contribution < -0.4 is 5.43 Å². The third kappa shape index (κ3) is 4.94. The van der Waals surface area contributed by atoms with Gasteiger partial charge in [-0.2, -0.15) is 9.78 Å². The summed E-state index contributed by atoms with van der Waals surface area (Å²) in [7, 11) is 0. The Morgan fingerprint density at radius 3 is 2.87 bits per heavy atom. The molecule has 0 aliphatic rings. The normalized spacial score (nSPS) is 11.1. The average molecular weight is 439 g/mol. The summed E-state index contributed by atoms with van der Waals surface area (Å²) in [5.74, 6) is 0.983. The summed E-state index contributed by atoms with van der Waals surface area (Å²) >= 11 is 7.21. The molecule has 8 nitrogen and oxygen atoms in total. The first-order valence-corrected chi connectivity index (χ1v) is 10.2. The number of nitrogens with one attached hydrogen (secondary N) is 1. The molecular formula is C20H15ClN6O2S. The molecule has 0 unspecified atom stereocenters. The third-order valence-electron chi connectivity index (χ3n) is 3.89. The lowest BCUT2D eigenvalue weighted by Crippen LogP contribution is -2.19. The minimum absolute atomic E-state index is 0.108. The number of hydrazone groups is 1. The van der Waals surface area contributed by atoms with Crippen LogP contribution in [0.1, 0.15) is 5.76 Å². The highest BCUT2D eigenvalue weighted by Crippen LogP contribution is 2.24. The number of hydrogen-bond donors (Lipinski definition) is 1. The largest absolute Gasteiger partial charge is 0.455 e. The molecule has 0 spiro atoms. The highest BCUT2D eigenvalue weighted by atomic mass is 35.5. The molecule has 150 valence electrons. The Bertz CT molecular complexity index is 1170. The van der Waals surface area contributed by atoms with Gasteiger partial charge in [-0.1, -0.05) is 53.7 Å². The number of halogens is 1. The van der Waals surface area contributed by atoms with Crippen molar-refractivity contribution >= 4 is 35.5 Å². The molecule has 2 aromatic carbocycles. The van der Waals surface area contributed by atoms with Gasteiger partial charge in [-0.25, -0.2) is 5.43 Å². The van der Waals surface area contributed by atoms with Gasteiger partial charge < -0.3 is 4.42 Å². The van der Waals surface area contributed by atoms with E-state index in [9.17, 15) is 4.79 Å². The van der Waals surface area contributed by atoms with Crippen molar-refractivity contribution in [2.75, 3.05) is 5.75 Å².